The number of aliphatic imine (C=N–C) groups is 4. The van der Waals surface area contributed by atoms with Gasteiger partial charge in [-0.2, -0.15) is 9.98 Å². The first-order chi connectivity index (χ1) is 34.6. The average molecular weight is 938 g/mol. The largest absolute Gasteiger partial charge is 0.480 e. The molecule has 0 spiro atoms. The molecule has 344 valence electrons. The van der Waals surface area contributed by atoms with Gasteiger partial charge in [0, 0.05) is 67.0 Å². The van der Waals surface area contributed by atoms with Gasteiger partial charge in [-0.05, 0) is 42.8 Å². The summed E-state index contributed by atoms with van der Waals surface area (Å²) in [5, 5.41) is 18.8. The van der Waals surface area contributed by atoms with E-state index in [1.54, 1.807) is 30.3 Å². The fraction of sp³-hybridized carbons (Fsp3) is 0.0980. The summed E-state index contributed by atoms with van der Waals surface area (Å²) < 4.78 is 0. The second-order valence-electron chi connectivity index (χ2n) is 16.8. The molecule has 2 amide bonds. The van der Waals surface area contributed by atoms with Crippen molar-refractivity contribution in [1.29, 1.82) is 0 Å². The summed E-state index contributed by atoms with van der Waals surface area (Å²) in [4.78, 5) is 105. The Morgan fingerprint density at radius 2 is 1.15 bits per heavy atom. The predicted octanol–water partition coefficient (Wildman–Crippen LogP) is 6.27. The van der Waals surface area contributed by atoms with Crippen LogP contribution in [-0.2, 0) is 9.59 Å². The van der Waals surface area contributed by atoms with Crippen molar-refractivity contribution in [3.8, 4) is 45.6 Å². The van der Waals surface area contributed by atoms with Gasteiger partial charge in [0.1, 0.15) is 28.6 Å². The summed E-state index contributed by atoms with van der Waals surface area (Å²) in [6.07, 6.45) is 1.09. The van der Waals surface area contributed by atoms with E-state index in [9.17, 15) is 24.3 Å². The highest BCUT2D eigenvalue weighted by atomic mass is 16.4. The van der Waals surface area contributed by atoms with Crippen molar-refractivity contribution in [3.05, 3.63) is 126 Å². The van der Waals surface area contributed by atoms with Crippen molar-refractivity contribution >= 4 is 97.1 Å². The Morgan fingerprint density at radius 3 is 1.72 bits per heavy atom. The number of aromatic nitrogens is 8. The van der Waals surface area contributed by atoms with Crippen molar-refractivity contribution < 1.29 is 24.3 Å². The molecule has 2 atom stereocenters. The summed E-state index contributed by atoms with van der Waals surface area (Å²) >= 11 is 0. The lowest BCUT2D eigenvalue weighted by molar-refractivity contribution is -0.139. The highest BCUT2D eigenvalue weighted by Gasteiger charge is 2.30. The Bertz CT molecular complexity index is 3940. The number of amidine groups is 1. The van der Waals surface area contributed by atoms with Crippen LogP contribution < -0.4 is 16.4 Å². The minimum Gasteiger partial charge on any atom is -0.480 e. The highest BCUT2D eigenvalue weighted by Crippen LogP contribution is 2.37. The topological polar surface area (TPSA) is 297 Å². The maximum absolute atomic E-state index is 14.0. The first-order valence-electron chi connectivity index (χ1n) is 22.3. The molecule has 12 rings (SSSR count). The number of nitrogens with zero attached hydrogens (tertiary/aromatic N) is 10. The molecule has 4 aliphatic heterocycles. The third-order valence-corrected chi connectivity index (χ3v) is 12.3. The van der Waals surface area contributed by atoms with Crippen LogP contribution in [0.15, 0.2) is 135 Å². The normalized spacial score (nSPS) is 15.0. The summed E-state index contributed by atoms with van der Waals surface area (Å²) in [5.74, 6) is -1.09. The monoisotopic (exact) mass is 937 g/mol. The summed E-state index contributed by atoms with van der Waals surface area (Å²) in [6.45, 7) is 0.207. The molecule has 0 fully saturated rings. The molecule has 7 N–H and O–H groups in total. The molecule has 4 aliphatic rings. The number of ketones is 1. The molecule has 71 heavy (non-hydrogen) atoms. The molecule has 0 saturated heterocycles. The second-order valence-corrected chi connectivity index (χ2v) is 16.8. The van der Waals surface area contributed by atoms with Gasteiger partial charge in [0.05, 0.1) is 18.5 Å². The number of nitrogens with two attached hydrogens (primary N) is 1. The van der Waals surface area contributed by atoms with E-state index in [0.29, 0.717) is 73.6 Å². The van der Waals surface area contributed by atoms with Crippen LogP contribution in [0.25, 0.3) is 89.7 Å². The molecule has 3 aromatic heterocycles. The van der Waals surface area contributed by atoms with Crippen molar-refractivity contribution in [3.63, 3.8) is 0 Å². The molecular weight excluding hydrogens is 903 g/mol. The third kappa shape index (κ3) is 7.79. The van der Waals surface area contributed by atoms with Crippen LogP contribution >= 0.6 is 0 Å². The number of hydrogen-bond donors (Lipinski definition) is 6. The highest BCUT2D eigenvalue weighted by molar-refractivity contribution is 6.38. The van der Waals surface area contributed by atoms with Crippen LogP contribution in [-0.4, -0.2) is 111 Å². The number of H-pyrrole nitrogens is 2. The lowest BCUT2D eigenvalue weighted by Crippen LogP contribution is -2.41. The van der Waals surface area contributed by atoms with Crippen LogP contribution in [0.2, 0.25) is 0 Å². The summed E-state index contributed by atoms with van der Waals surface area (Å²) in [6, 6.07) is 32.4. The van der Waals surface area contributed by atoms with Gasteiger partial charge in [0.2, 0.25) is 5.96 Å². The number of fused-ring (bicyclic) bond motifs is 21. The van der Waals surface area contributed by atoms with Gasteiger partial charge >= 0.3 is 5.97 Å². The fourth-order valence-electron chi connectivity index (χ4n) is 8.80. The lowest BCUT2D eigenvalue weighted by atomic mass is 10.0. The Labute approximate surface area is 399 Å². The van der Waals surface area contributed by atoms with Crippen LogP contribution in [0.5, 0.6) is 0 Å². The van der Waals surface area contributed by atoms with E-state index in [1.807, 2.05) is 72.8 Å². The van der Waals surface area contributed by atoms with Gasteiger partial charge in [0.15, 0.2) is 41.0 Å². The zero-order valence-corrected chi connectivity index (χ0v) is 37.0. The number of Topliss-reactive ketones (excluding diaryl/α,β-unsaturated/α-hetero) is 1. The number of carbonyl (C=O) groups is 4. The molecule has 0 aliphatic carbocycles. The quantitative estimate of drug-likeness (QED) is 0.0825. The number of anilines is 1. The van der Waals surface area contributed by atoms with Crippen LogP contribution in [0, 0.1) is 0 Å². The number of carboxylic acids is 1. The number of guanidine groups is 1. The van der Waals surface area contributed by atoms with Crippen molar-refractivity contribution in [2.45, 2.75) is 24.9 Å². The van der Waals surface area contributed by atoms with E-state index in [4.69, 9.17) is 35.6 Å². The average Bonchev–Trinajstić information content (AvgIpc) is 4.12. The number of hydrogen-bond acceptors (Lipinski definition) is 15. The van der Waals surface area contributed by atoms with Gasteiger partial charge in [-0.15, -0.1) is 0 Å². The Balaban J connectivity index is 0.832. The van der Waals surface area contributed by atoms with Gasteiger partial charge in [-0.25, -0.2) is 39.7 Å². The van der Waals surface area contributed by atoms with Gasteiger partial charge < -0.3 is 31.4 Å². The number of carboxylic acid groups (broad SMARTS) is 1. The van der Waals surface area contributed by atoms with E-state index in [1.165, 1.54) is 18.3 Å². The Morgan fingerprint density at radius 1 is 0.634 bits per heavy atom. The van der Waals surface area contributed by atoms with E-state index < -0.39 is 29.9 Å². The van der Waals surface area contributed by atoms with E-state index in [0.717, 1.165) is 33.0 Å². The van der Waals surface area contributed by atoms with Crippen LogP contribution in [0.3, 0.4) is 0 Å². The molecule has 20 heteroatoms. The Hall–Kier alpha value is -9.98. The smallest absolute Gasteiger partial charge is 0.326 e. The lowest BCUT2D eigenvalue weighted by Gasteiger charge is -2.18. The van der Waals surface area contributed by atoms with Crippen molar-refractivity contribution in [1.82, 2.24) is 45.2 Å². The number of benzene rings is 5. The first kappa shape index (κ1) is 42.4. The van der Waals surface area contributed by atoms with E-state index in [2.05, 4.69) is 40.6 Å². The number of aromatic amines is 2. The number of nitrogens with one attached hydrogen (secondary N) is 4. The maximum Gasteiger partial charge on any atom is 0.326 e. The van der Waals surface area contributed by atoms with Crippen LogP contribution in [0.4, 0.5) is 5.69 Å². The minimum atomic E-state index is -1.37. The molecule has 7 heterocycles. The zero-order valence-electron chi connectivity index (χ0n) is 37.0. The minimum absolute atomic E-state index is 0.167. The van der Waals surface area contributed by atoms with Gasteiger partial charge in [0.25, 0.3) is 11.8 Å². The number of aliphatic carboxylic acids is 1. The summed E-state index contributed by atoms with van der Waals surface area (Å²) in [5.41, 5.74) is 12.2. The van der Waals surface area contributed by atoms with Gasteiger partial charge in [-0.1, -0.05) is 78.9 Å². The van der Waals surface area contributed by atoms with E-state index >= 15 is 0 Å². The van der Waals surface area contributed by atoms with Crippen molar-refractivity contribution in [2.75, 3.05) is 11.9 Å². The predicted molar refractivity (Wildman–Crippen MR) is 267 cm³/mol. The third-order valence-electron chi connectivity index (χ3n) is 12.3. The number of carbonyl (C=O) groups excluding carboxylic acids is 3. The molecule has 0 saturated carbocycles. The van der Waals surface area contributed by atoms with Crippen LogP contribution in [0.1, 0.15) is 33.6 Å². The zero-order chi connectivity index (χ0) is 48.3. The molecule has 8 aromatic rings. The molecular formula is C51H35N15O5. The van der Waals surface area contributed by atoms with Gasteiger partial charge in [-0.3, -0.25) is 19.4 Å². The maximum atomic E-state index is 14.0. The standard InChI is InChI=1S/C51H35N15O5/c52-51-65-47-38(49(69)66-51)55-27(23-54-47)22-53-26-16-13-24(14-17-26)48(68)56-36(50(70)71)19-20-37(67)25-15-18-34-35(21-25)46-63-44-33-12-6-5-11-32(33)42(61-44)59-40-29-8-2-1-7-28(29)39(57-40)58-41-30-9-3-4-10-31(30)43(60-41)62-45(34)64-46/h1-18,21,23,36,38,53H,19-20,22H2,(H,56,68)(H,70,71)(H2,52,66,69)(H2,57,58,59,60,61,62,63,64). The molecule has 8 bridgehead atoms. The molecule has 5 aromatic carbocycles. The molecule has 20 nitrogen and oxygen atoms in total. The molecule has 2 unspecified atom stereocenters. The SMILES string of the molecule is NC1=NC(=O)C2N=C(CNc3ccc(C(=O)NC(CCC(=O)c4ccc5c6nc7nc(nc8[nH]c(nc9nc(nc([nH]6)c5c4)-c4ccccc4-9)c4ccccc84)-c4ccccc4-7)C(=O)O)cc3)C=NC2=N1. The Kier molecular flexibility index (Phi) is 10.1. The van der Waals surface area contributed by atoms with E-state index in [-0.39, 0.29) is 42.5 Å². The number of rotatable bonds is 10. The number of amides is 2. The first-order valence-corrected chi connectivity index (χ1v) is 22.3. The second kappa shape index (κ2) is 17.0. The molecule has 0 radical (unpaired) electrons. The summed E-state index contributed by atoms with van der Waals surface area (Å²) in [7, 11) is 0. The fourth-order valence-corrected chi connectivity index (χ4v) is 8.80. The van der Waals surface area contributed by atoms with Crippen molar-refractivity contribution in [2.24, 2.45) is 25.7 Å².